The molecule has 0 saturated heterocycles. The second kappa shape index (κ2) is 6.52. The molecule has 5 heteroatoms. The maximum absolute atomic E-state index is 10.9. The Labute approximate surface area is 99.6 Å². The van der Waals surface area contributed by atoms with Gasteiger partial charge in [0.05, 0.1) is 6.26 Å². The molecule has 1 heterocycles. The monoisotopic (exact) mass is 237 g/mol. The Bertz CT molecular complexity index is 382. The van der Waals surface area contributed by atoms with Gasteiger partial charge in [-0.2, -0.15) is 0 Å². The van der Waals surface area contributed by atoms with Crippen molar-refractivity contribution in [2.45, 2.75) is 19.4 Å². The predicted molar refractivity (Wildman–Crippen MR) is 61.7 cm³/mol. The van der Waals surface area contributed by atoms with Gasteiger partial charge in [0.15, 0.2) is 0 Å². The number of primary amides is 1. The minimum absolute atomic E-state index is 0.406. The van der Waals surface area contributed by atoms with Crippen LogP contribution in [0, 0.1) is 0 Å². The number of carbonyl (C=O) groups excluding carboxylic acids is 2. The molecule has 1 unspecified atom stereocenters. The number of rotatable bonds is 5. The third kappa shape index (κ3) is 5.55. The molecule has 1 aliphatic heterocycles. The molecule has 1 aliphatic rings. The van der Waals surface area contributed by atoms with Gasteiger partial charge in [0.1, 0.15) is 12.7 Å². The maximum Gasteiger partial charge on any atom is 0.303 e. The van der Waals surface area contributed by atoms with Crippen LogP contribution in [0.4, 0.5) is 0 Å². The first-order valence-electron chi connectivity index (χ1n) is 5.19. The van der Waals surface area contributed by atoms with E-state index in [2.05, 4.69) is 0 Å². The van der Waals surface area contributed by atoms with Crippen molar-refractivity contribution in [3.8, 4) is 0 Å². The lowest BCUT2D eigenvalue weighted by atomic mass is 10.1. The molecular formula is C12H15NO4. The van der Waals surface area contributed by atoms with Crippen molar-refractivity contribution in [3.63, 3.8) is 0 Å². The van der Waals surface area contributed by atoms with Gasteiger partial charge in [0, 0.05) is 19.4 Å². The van der Waals surface area contributed by atoms with E-state index in [1.54, 1.807) is 12.3 Å². The number of hydrogen-bond donors (Lipinski definition) is 1. The first-order chi connectivity index (χ1) is 8.08. The molecule has 5 nitrogen and oxygen atoms in total. The number of carbonyl (C=O) groups is 2. The summed E-state index contributed by atoms with van der Waals surface area (Å²) in [5.41, 5.74) is 5.97. The summed E-state index contributed by atoms with van der Waals surface area (Å²) >= 11 is 0. The van der Waals surface area contributed by atoms with Gasteiger partial charge in [0.25, 0.3) is 0 Å². The largest absolute Gasteiger partial charge is 0.497 e. The zero-order valence-corrected chi connectivity index (χ0v) is 9.59. The van der Waals surface area contributed by atoms with E-state index < -0.39 is 18.0 Å². The van der Waals surface area contributed by atoms with E-state index in [1.807, 2.05) is 6.08 Å². The third-order valence-electron chi connectivity index (χ3n) is 2.03. The Morgan fingerprint density at radius 2 is 2.41 bits per heavy atom. The first-order valence-corrected chi connectivity index (χ1v) is 5.19. The first kappa shape index (κ1) is 13.0. The molecule has 0 aromatic carbocycles. The number of amides is 1. The topological polar surface area (TPSA) is 78.6 Å². The Balaban J connectivity index is 2.62. The highest BCUT2D eigenvalue weighted by atomic mass is 16.5. The SMILES string of the molecule is CC(=O)OC(C=CC(N)=O)CC1=CC=COC1. The van der Waals surface area contributed by atoms with Crippen LogP contribution in [0.2, 0.25) is 0 Å². The summed E-state index contributed by atoms with van der Waals surface area (Å²) in [7, 11) is 0. The fourth-order valence-corrected chi connectivity index (χ4v) is 1.38. The molecule has 1 amide bonds. The van der Waals surface area contributed by atoms with Gasteiger partial charge in [-0.05, 0) is 17.7 Å². The van der Waals surface area contributed by atoms with Crippen molar-refractivity contribution >= 4 is 11.9 Å². The lowest BCUT2D eigenvalue weighted by molar-refractivity contribution is -0.144. The smallest absolute Gasteiger partial charge is 0.303 e. The quantitative estimate of drug-likeness (QED) is 0.567. The average Bonchev–Trinajstić information content (AvgIpc) is 2.26. The second-order valence-electron chi connectivity index (χ2n) is 3.58. The Morgan fingerprint density at radius 3 is 2.94 bits per heavy atom. The molecule has 17 heavy (non-hydrogen) atoms. The van der Waals surface area contributed by atoms with E-state index in [-0.39, 0.29) is 0 Å². The Hall–Kier alpha value is -2.04. The third-order valence-corrected chi connectivity index (χ3v) is 2.03. The molecule has 0 bridgehead atoms. The van der Waals surface area contributed by atoms with Gasteiger partial charge in [-0.1, -0.05) is 6.08 Å². The molecule has 1 atom stereocenters. The van der Waals surface area contributed by atoms with E-state index in [9.17, 15) is 9.59 Å². The van der Waals surface area contributed by atoms with Crippen LogP contribution in [0.25, 0.3) is 0 Å². The molecule has 0 fully saturated rings. The van der Waals surface area contributed by atoms with E-state index >= 15 is 0 Å². The van der Waals surface area contributed by atoms with Gasteiger partial charge >= 0.3 is 5.97 Å². The van der Waals surface area contributed by atoms with Crippen LogP contribution >= 0.6 is 0 Å². The van der Waals surface area contributed by atoms with E-state index in [1.165, 1.54) is 19.1 Å². The fourth-order valence-electron chi connectivity index (χ4n) is 1.38. The predicted octanol–water partition coefficient (Wildman–Crippen LogP) is 0.820. The average molecular weight is 237 g/mol. The molecule has 2 N–H and O–H groups in total. The maximum atomic E-state index is 10.9. The molecule has 0 spiro atoms. The molecule has 0 saturated carbocycles. The normalized spacial score (nSPS) is 16.2. The standard InChI is InChI=1S/C12H15NO4/c1-9(14)17-11(4-5-12(13)15)7-10-3-2-6-16-8-10/h2-6,11H,7-8H2,1H3,(H2,13,15). The molecule has 0 aliphatic carbocycles. The highest BCUT2D eigenvalue weighted by Gasteiger charge is 2.12. The van der Waals surface area contributed by atoms with Crippen LogP contribution in [0.5, 0.6) is 0 Å². The zero-order chi connectivity index (χ0) is 12.7. The van der Waals surface area contributed by atoms with Gasteiger partial charge in [0.2, 0.25) is 5.91 Å². The summed E-state index contributed by atoms with van der Waals surface area (Å²) in [5.74, 6) is -0.979. The molecule has 0 aromatic rings. The van der Waals surface area contributed by atoms with Crippen LogP contribution in [0.1, 0.15) is 13.3 Å². The van der Waals surface area contributed by atoms with Gasteiger partial charge < -0.3 is 15.2 Å². The summed E-state index contributed by atoms with van der Waals surface area (Å²) in [6, 6.07) is 0. The number of ether oxygens (including phenoxy) is 2. The fraction of sp³-hybridized carbons (Fsp3) is 0.333. The van der Waals surface area contributed by atoms with Crippen molar-refractivity contribution in [3.05, 3.63) is 36.1 Å². The summed E-state index contributed by atoms with van der Waals surface area (Å²) in [5, 5.41) is 0. The molecular weight excluding hydrogens is 222 g/mol. The van der Waals surface area contributed by atoms with Gasteiger partial charge in [-0.3, -0.25) is 9.59 Å². The van der Waals surface area contributed by atoms with Crippen LogP contribution in [0.3, 0.4) is 0 Å². The lowest BCUT2D eigenvalue weighted by Crippen LogP contribution is -2.17. The van der Waals surface area contributed by atoms with Crippen LogP contribution in [-0.4, -0.2) is 24.6 Å². The van der Waals surface area contributed by atoms with Crippen LogP contribution in [-0.2, 0) is 19.1 Å². The van der Waals surface area contributed by atoms with E-state index in [4.69, 9.17) is 15.2 Å². The number of hydrogen-bond acceptors (Lipinski definition) is 4. The Morgan fingerprint density at radius 1 is 1.65 bits per heavy atom. The van der Waals surface area contributed by atoms with Crippen molar-refractivity contribution in [1.82, 2.24) is 0 Å². The molecule has 92 valence electrons. The minimum atomic E-state index is -0.573. The van der Waals surface area contributed by atoms with E-state index in [0.29, 0.717) is 13.0 Å². The summed E-state index contributed by atoms with van der Waals surface area (Å²) in [4.78, 5) is 21.5. The number of esters is 1. The Kier molecular flexibility index (Phi) is 5.00. The molecule has 0 aromatic heterocycles. The van der Waals surface area contributed by atoms with Crippen molar-refractivity contribution in [2.75, 3.05) is 6.61 Å². The van der Waals surface area contributed by atoms with E-state index in [0.717, 1.165) is 5.57 Å². The second-order valence-corrected chi connectivity index (χ2v) is 3.58. The van der Waals surface area contributed by atoms with Gasteiger partial charge in [-0.25, -0.2) is 0 Å². The molecule has 0 radical (unpaired) electrons. The highest BCUT2D eigenvalue weighted by molar-refractivity contribution is 5.85. The minimum Gasteiger partial charge on any atom is -0.497 e. The van der Waals surface area contributed by atoms with Crippen molar-refractivity contribution in [2.24, 2.45) is 5.73 Å². The zero-order valence-electron chi connectivity index (χ0n) is 9.59. The van der Waals surface area contributed by atoms with Gasteiger partial charge in [-0.15, -0.1) is 0 Å². The number of allylic oxidation sites excluding steroid dienone is 2. The summed E-state index contributed by atoms with van der Waals surface area (Å²) in [6.07, 6.45) is 7.88. The summed E-state index contributed by atoms with van der Waals surface area (Å²) in [6.45, 7) is 1.77. The highest BCUT2D eigenvalue weighted by Crippen LogP contribution is 2.14. The van der Waals surface area contributed by atoms with Crippen LogP contribution in [0.15, 0.2) is 36.1 Å². The van der Waals surface area contributed by atoms with Crippen LogP contribution < -0.4 is 5.73 Å². The van der Waals surface area contributed by atoms with Crippen molar-refractivity contribution < 1.29 is 19.1 Å². The van der Waals surface area contributed by atoms with Crippen molar-refractivity contribution in [1.29, 1.82) is 0 Å². The number of nitrogens with two attached hydrogens (primary N) is 1. The lowest BCUT2D eigenvalue weighted by Gasteiger charge is -2.16. The summed E-state index contributed by atoms with van der Waals surface area (Å²) < 4.78 is 10.2. The molecule has 1 rings (SSSR count).